The molecule has 8 N–H and O–H groups in total. The number of carbonyl (C=O) groups is 3. The third kappa shape index (κ3) is 33.1. The summed E-state index contributed by atoms with van der Waals surface area (Å²) in [5.74, 6) is 7.30. The smallest absolute Gasteiger partial charge is 0.407 e. The minimum absolute atomic E-state index is 0.00126. The number of nitrogens with zero attached hydrogens (tertiary/aromatic N) is 7. The van der Waals surface area contributed by atoms with Crippen LogP contribution in [0.2, 0.25) is 0 Å². The van der Waals surface area contributed by atoms with Crippen molar-refractivity contribution < 1.29 is 60.6 Å². The Morgan fingerprint density at radius 1 is 0.522 bits per heavy atom. The quantitative estimate of drug-likeness (QED) is 0.00675. The lowest BCUT2D eigenvalue weighted by atomic mass is 9.80. The molecule has 1 amide bonds. The highest BCUT2D eigenvalue weighted by atomic mass is 32.2. The van der Waals surface area contributed by atoms with Crippen LogP contribution < -0.4 is 27.4 Å². The van der Waals surface area contributed by atoms with Crippen molar-refractivity contribution in [3.8, 4) is 0 Å². The van der Waals surface area contributed by atoms with E-state index in [9.17, 15) is 47.4 Å². The predicted molar refractivity (Wildman–Crippen MR) is 458 cm³/mol. The fourth-order valence-corrected chi connectivity index (χ4v) is 18.4. The third-order valence-electron chi connectivity index (χ3n) is 20.5. The number of nitro groups is 2. The van der Waals surface area contributed by atoms with E-state index in [0.717, 1.165) is 176 Å². The zero-order chi connectivity index (χ0) is 83.3. The highest BCUT2D eigenvalue weighted by molar-refractivity contribution is 8.00. The summed E-state index contributed by atoms with van der Waals surface area (Å²) in [6.07, 6.45) is 9.24. The highest BCUT2D eigenvalue weighted by Gasteiger charge is 2.43. The first-order valence-electron chi connectivity index (χ1n) is 37.9. The first kappa shape index (κ1) is 94.7. The number of piperidine rings is 5. The lowest BCUT2D eigenvalue weighted by Crippen LogP contribution is -2.56. The van der Waals surface area contributed by atoms with Crippen LogP contribution in [0.1, 0.15) is 69.8 Å². The maximum absolute atomic E-state index is 12.7. The molecule has 0 spiro atoms. The van der Waals surface area contributed by atoms with Gasteiger partial charge in [0.2, 0.25) is 15.8 Å². The second-order valence-corrected chi connectivity index (χ2v) is 35.9. The zero-order valence-corrected chi connectivity index (χ0v) is 71.5. The number of likely N-dealkylation sites (tertiary alicyclic amines) is 5. The molecule has 5 aliphatic rings. The molecule has 26 nitrogen and oxygen atoms in total. The van der Waals surface area contributed by atoms with Gasteiger partial charge in [-0.2, -0.15) is 10.3 Å². The summed E-state index contributed by atoms with van der Waals surface area (Å²) in [7, 11) is 9.48. The molecular formula is C82H111FN12O14S6. The summed E-state index contributed by atoms with van der Waals surface area (Å²) < 4.78 is 54.0. The first-order chi connectivity index (χ1) is 55.1. The number of nitrogens with two attached hydrogens (primary N) is 3. The number of benzene rings is 7. The Balaban J connectivity index is 0.000000197. The van der Waals surface area contributed by atoms with Crippen LogP contribution in [0.15, 0.2) is 217 Å². The monoisotopic (exact) mass is 1700 g/mol. The van der Waals surface area contributed by atoms with Crippen molar-refractivity contribution in [3.05, 3.63) is 220 Å². The number of carbonyl (C=O) groups excluding carboxylic acids is 3. The molecular weight excluding hydrogens is 1590 g/mol. The van der Waals surface area contributed by atoms with E-state index in [-0.39, 0.29) is 56.6 Å². The standard InChI is InChI=1S/C21H26N2O2S.C19H24N4O4S2.C15H21NO2S.C13H20N2S.C8H15NO2.C6H5FN2O4S/c1-23-14-12-21(13-15-23,17-26-19-10-6-3-7-11-19)22-20(24)25-16-18-8-4-2-5-9-18;1-22-11-9-19(10-12-22,14-28-15-5-3-2-4-6-15)21-17-8-7-16(29-27-26-20)13-18(17)23(24)25;1-16-10-8-15(9-11-16,14(17)18-2)12-19-13-6-4-3-5-7-13;1-15-9-7-13(14,8-10-15)11-16-12-5-3-2-4-6-12;1-9-5-3-7(4-6-9)8(10)11-2;7-5-2-1-4(14(8,12)13)3-6(5)9(10)11/h2-11H,12-17H2,1H3,(H,22,24);2-8,13,21H,9-12,14,20H2,1H3;3-7H,8-12H2,1-2H3;2-6H,7-11,14H2,1H3;7H,3-6H2,1-2H3;1-3H,(H2,8,12,13). The molecule has 626 valence electrons. The van der Waals surface area contributed by atoms with Crippen molar-refractivity contribution in [3.63, 3.8) is 0 Å². The van der Waals surface area contributed by atoms with Gasteiger partial charge in [0.25, 0.3) is 5.69 Å². The molecule has 5 aliphatic heterocycles. The van der Waals surface area contributed by atoms with Gasteiger partial charge in [0.1, 0.15) is 12.3 Å². The second kappa shape index (κ2) is 48.5. The summed E-state index contributed by atoms with van der Waals surface area (Å²) in [5.41, 5.74) is 6.27. The van der Waals surface area contributed by atoms with E-state index in [1.807, 2.05) is 96.7 Å². The molecule has 7 aromatic carbocycles. The van der Waals surface area contributed by atoms with Crippen molar-refractivity contribution in [2.75, 3.05) is 143 Å². The van der Waals surface area contributed by atoms with Crippen LogP contribution in [0, 0.1) is 37.4 Å². The lowest BCUT2D eigenvalue weighted by molar-refractivity contribution is -0.387. The summed E-state index contributed by atoms with van der Waals surface area (Å²) in [6.45, 7) is 10.3. The van der Waals surface area contributed by atoms with Crippen molar-refractivity contribution in [2.24, 2.45) is 28.1 Å². The number of esters is 2. The van der Waals surface area contributed by atoms with E-state index in [1.54, 1.807) is 47.4 Å². The van der Waals surface area contributed by atoms with Crippen LogP contribution in [-0.4, -0.2) is 215 Å². The molecule has 115 heavy (non-hydrogen) atoms. The summed E-state index contributed by atoms with van der Waals surface area (Å²) in [6, 6.07) is 58.1. The fourth-order valence-electron chi connectivity index (χ4n) is 12.9. The van der Waals surface area contributed by atoms with Crippen LogP contribution in [0.4, 0.5) is 26.2 Å². The van der Waals surface area contributed by atoms with Gasteiger partial charge in [-0.05, 0) is 217 Å². The normalized spacial score (nSPS) is 17.5. The molecule has 33 heteroatoms. The number of rotatable bonds is 25. The number of nitrogens with one attached hydrogen (secondary N) is 2. The highest BCUT2D eigenvalue weighted by Crippen LogP contribution is 2.41. The molecule has 5 saturated heterocycles. The van der Waals surface area contributed by atoms with Gasteiger partial charge < -0.3 is 55.1 Å². The third-order valence-corrected chi connectivity index (χ3v) is 27.2. The number of amides is 1. The molecule has 0 aromatic heterocycles. The van der Waals surface area contributed by atoms with Gasteiger partial charge in [-0.25, -0.2) is 18.4 Å². The number of sulfonamides is 1. The number of anilines is 1. The van der Waals surface area contributed by atoms with E-state index in [4.69, 9.17) is 26.2 Å². The molecule has 5 heterocycles. The number of ether oxygens (including phenoxy) is 3. The second-order valence-electron chi connectivity index (χ2n) is 29.3. The van der Waals surface area contributed by atoms with E-state index >= 15 is 0 Å². The molecule has 5 fully saturated rings. The molecule has 12 rings (SSSR count). The lowest BCUT2D eigenvalue weighted by Gasteiger charge is -2.41. The van der Waals surface area contributed by atoms with Gasteiger partial charge in [0.05, 0.1) is 57.9 Å². The maximum atomic E-state index is 12.7. The van der Waals surface area contributed by atoms with Gasteiger partial charge >= 0.3 is 23.7 Å². The van der Waals surface area contributed by atoms with Crippen LogP contribution in [0.25, 0.3) is 0 Å². The number of primary sulfonamides is 1. The van der Waals surface area contributed by atoms with Gasteiger partial charge in [-0.1, -0.05) is 103 Å². The van der Waals surface area contributed by atoms with Gasteiger partial charge in [0.15, 0.2) is 0 Å². The Labute approximate surface area is 697 Å². The van der Waals surface area contributed by atoms with E-state index in [1.165, 1.54) is 39.9 Å². The van der Waals surface area contributed by atoms with Crippen molar-refractivity contribution >= 4 is 104 Å². The first-order valence-corrected chi connectivity index (χ1v) is 44.1. The molecule has 0 aliphatic carbocycles. The maximum Gasteiger partial charge on any atom is 0.407 e. The number of hydrogen-bond donors (Lipinski definition) is 5. The van der Waals surface area contributed by atoms with Crippen molar-refractivity contribution in [1.29, 1.82) is 0 Å². The number of alkyl carbamates (subject to hydrolysis) is 1. The Morgan fingerprint density at radius 2 is 0.939 bits per heavy atom. The van der Waals surface area contributed by atoms with Gasteiger partial charge in [-0.3, -0.25) is 29.8 Å². The summed E-state index contributed by atoms with van der Waals surface area (Å²) in [4.78, 5) is 76.6. The SMILES string of the molecule is CN1CCC(CSc2ccccc2)(NC(=O)OCc2ccccc2)CC1.CN1CCC(CSc2ccccc2)(Nc2ccc(SOON)cc2[N+](=O)[O-])CC1.CN1CCC(N)(CSc2ccccc2)CC1.COC(=O)C1(CSc2ccccc2)CCN(C)CC1.COC(=O)C1CCN(C)CC1.NS(=O)(=O)c1ccc(F)c([N+](=O)[O-])c1. The van der Waals surface area contributed by atoms with E-state index in [2.05, 4.69) is 151 Å². The zero-order valence-electron chi connectivity index (χ0n) is 66.6. The van der Waals surface area contributed by atoms with Crippen LogP contribution in [-0.2, 0) is 49.8 Å². The molecule has 7 aromatic rings. The number of halogens is 1. The largest absolute Gasteiger partial charge is 0.469 e. The van der Waals surface area contributed by atoms with Crippen molar-refractivity contribution in [2.45, 2.75) is 117 Å². The fraction of sp³-hybridized carbons (Fsp3) is 0.451. The van der Waals surface area contributed by atoms with Gasteiger partial charge in [0, 0.05) is 96.9 Å². The number of thioether (sulfide) groups is 4. The minimum atomic E-state index is -4.05. The Kier molecular flexibility index (Phi) is 39.9. The average molecular weight is 1700 g/mol. The van der Waals surface area contributed by atoms with Crippen LogP contribution in [0.3, 0.4) is 0 Å². The predicted octanol–water partition coefficient (Wildman–Crippen LogP) is 14.0. The molecule has 0 atom stereocenters. The van der Waals surface area contributed by atoms with E-state index in [0.29, 0.717) is 29.3 Å². The average Bonchev–Trinajstić information content (AvgIpc) is 0.808. The number of hydrogen-bond acceptors (Lipinski definition) is 27. The van der Waals surface area contributed by atoms with E-state index < -0.39 is 31.3 Å². The topological polar surface area (TPSA) is 336 Å². The van der Waals surface area contributed by atoms with Crippen LogP contribution >= 0.6 is 59.1 Å². The summed E-state index contributed by atoms with van der Waals surface area (Å²) >= 11 is 8.02. The molecule has 0 radical (unpaired) electrons. The van der Waals surface area contributed by atoms with Crippen LogP contribution in [0.5, 0.6) is 0 Å². The minimum Gasteiger partial charge on any atom is -0.469 e. The Bertz CT molecular complexity index is 4190. The van der Waals surface area contributed by atoms with Gasteiger partial charge in [-0.15, -0.1) is 56.4 Å². The van der Waals surface area contributed by atoms with Crippen molar-refractivity contribution in [1.82, 2.24) is 29.8 Å². The molecule has 0 unspecified atom stereocenters. The number of nitro benzene ring substituents is 2. The number of methoxy groups -OCH3 is 2. The Morgan fingerprint density at radius 3 is 1.38 bits per heavy atom. The summed E-state index contributed by atoms with van der Waals surface area (Å²) in [5, 5.41) is 33.3. The molecule has 0 bridgehead atoms. The Hall–Kier alpha value is -7.42. The molecule has 0 saturated carbocycles.